The maximum absolute atomic E-state index is 12.3. The maximum atomic E-state index is 12.3. The molecule has 1 aromatic carbocycles. The number of nitrogens with one attached hydrogen (secondary N) is 1. The summed E-state index contributed by atoms with van der Waals surface area (Å²) in [5.74, 6) is 0.884. The molecule has 0 atom stereocenters. The fourth-order valence-corrected chi connectivity index (χ4v) is 3.53. The van der Waals surface area contributed by atoms with E-state index in [0.717, 1.165) is 29.2 Å². The number of rotatable bonds is 9. The number of carbonyl (C=O) groups excluding carboxylic acids is 2. The number of thioether (sulfide) groups is 1. The zero-order valence-corrected chi connectivity index (χ0v) is 17.1. The van der Waals surface area contributed by atoms with E-state index in [9.17, 15) is 9.59 Å². The van der Waals surface area contributed by atoms with Gasteiger partial charge in [0.15, 0.2) is 5.16 Å². The van der Waals surface area contributed by atoms with Crippen molar-refractivity contribution in [2.75, 3.05) is 11.1 Å². The summed E-state index contributed by atoms with van der Waals surface area (Å²) in [6, 6.07) is 5.95. The van der Waals surface area contributed by atoms with Crippen LogP contribution in [-0.2, 0) is 22.6 Å². The molecule has 0 aliphatic carbocycles. The van der Waals surface area contributed by atoms with Gasteiger partial charge in [-0.2, -0.15) is 0 Å². The van der Waals surface area contributed by atoms with Crippen LogP contribution in [0.5, 0.6) is 0 Å². The Hall–Kier alpha value is -2.35. The molecular formula is C19H27N5O2S. The lowest BCUT2D eigenvalue weighted by Gasteiger charge is -2.12. The van der Waals surface area contributed by atoms with Gasteiger partial charge in [-0.05, 0) is 43.0 Å². The molecule has 146 valence electrons. The summed E-state index contributed by atoms with van der Waals surface area (Å²) in [7, 11) is 0. The molecule has 0 unspecified atom stereocenters. The van der Waals surface area contributed by atoms with Crippen LogP contribution in [0.3, 0.4) is 0 Å². The van der Waals surface area contributed by atoms with E-state index in [1.165, 1.54) is 11.8 Å². The second-order valence-electron chi connectivity index (χ2n) is 7.08. The molecule has 2 amide bonds. The number of hydrogen-bond acceptors (Lipinski definition) is 5. The lowest BCUT2D eigenvalue weighted by molar-refractivity contribution is -0.118. The van der Waals surface area contributed by atoms with Crippen LogP contribution in [0.4, 0.5) is 5.69 Å². The molecule has 3 N–H and O–H groups in total. The van der Waals surface area contributed by atoms with Crippen LogP contribution < -0.4 is 11.1 Å². The van der Waals surface area contributed by atoms with Crippen molar-refractivity contribution >= 4 is 29.3 Å². The van der Waals surface area contributed by atoms with Gasteiger partial charge in [-0.3, -0.25) is 9.59 Å². The SMILES string of the molecule is Cc1cc(C)cc(NC(=O)CSc2nnc(CCC(N)=O)n2CC(C)C)c1. The van der Waals surface area contributed by atoms with E-state index in [1.807, 2.05) is 30.5 Å². The second-order valence-corrected chi connectivity index (χ2v) is 8.03. The van der Waals surface area contributed by atoms with Crippen LogP contribution in [0, 0.1) is 19.8 Å². The van der Waals surface area contributed by atoms with Crippen molar-refractivity contribution in [1.82, 2.24) is 14.8 Å². The predicted molar refractivity (Wildman–Crippen MR) is 108 cm³/mol. The van der Waals surface area contributed by atoms with E-state index in [1.54, 1.807) is 0 Å². The quantitative estimate of drug-likeness (QED) is 0.642. The number of benzene rings is 1. The Morgan fingerprint density at radius 2 is 1.85 bits per heavy atom. The normalized spacial score (nSPS) is 11.0. The minimum atomic E-state index is -0.365. The number of amides is 2. The van der Waals surface area contributed by atoms with Crippen molar-refractivity contribution in [2.24, 2.45) is 11.7 Å². The smallest absolute Gasteiger partial charge is 0.234 e. The molecule has 1 heterocycles. The fourth-order valence-electron chi connectivity index (χ4n) is 2.77. The molecule has 0 fully saturated rings. The summed E-state index contributed by atoms with van der Waals surface area (Å²) < 4.78 is 1.97. The first kappa shape index (κ1) is 21.0. The molecule has 0 aliphatic heterocycles. The maximum Gasteiger partial charge on any atom is 0.234 e. The highest BCUT2D eigenvalue weighted by Gasteiger charge is 2.16. The molecule has 7 nitrogen and oxygen atoms in total. The van der Waals surface area contributed by atoms with E-state index in [4.69, 9.17) is 5.73 Å². The average Bonchev–Trinajstić information content (AvgIpc) is 2.91. The summed E-state index contributed by atoms with van der Waals surface area (Å²) in [5, 5.41) is 12.0. The number of hydrogen-bond donors (Lipinski definition) is 2. The highest BCUT2D eigenvalue weighted by atomic mass is 32.2. The Balaban J connectivity index is 2.02. The van der Waals surface area contributed by atoms with Crippen molar-refractivity contribution in [3.63, 3.8) is 0 Å². The Morgan fingerprint density at radius 1 is 1.19 bits per heavy atom. The van der Waals surface area contributed by atoms with Gasteiger partial charge in [0.25, 0.3) is 0 Å². The Bertz CT molecular complexity index is 796. The first-order valence-corrected chi connectivity index (χ1v) is 9.94. The first-order valence-electron chi connectivity index (χ1n) is 8.96. The molecule has 27 heavy (non-hydrogen) atoms. The standard InChI is InChI=1S/C19H27N5O2S/c1-12(2)10-24-17(6-5-16(20)25)22-23-19(24)27-11-18(26)21-15-8-13(3)7-14(4)9-15/h7-9,12H,5-6,10-11H2,1-4H3,(H2,20,25)(H,21,26). The summed E-state index contributed by atoms with van der Waals surface area (Å²) in [4.78, 5) is 23.4. The highest BCUT2D eigenvalue weighted by Crippen LogP contribution is 2.20. The summed E-state index contributed by atoms with van der Waals surface area (Å²) in [6.07, 6.45) is 0.679. The monoisotopic (exact) mass is 389 g/mol. The lowest BCUT2D eigenvalue weighted by Crippen LogP contribution is -2.16. The van der Waals surface area contributed by atoms with Gasteiger partial charge in [-0.25, -0.2) is 0 Å². The van der Waals surface area contributed by atoms with Gasteiger partial charge < -0.3 is 15.6 Å². The Morgan fingerprint density at radius 3 is 2.44 bits per heavy atom. The number of aromatic nitrogens is 3. The van der Waals surface area contributed by atoms with Gasteiger partial charge >= 0.3 is 0 Å². The zero-order valence-electron chi connectivity index (χ0n) is 16.3. The van der Waals surface area contributed by atoms with Gasteiger partial charge in [0.2, 0.25) is 11.8 Å². The predicted octanol–water partition coefficient (Wildman–Crippen LogP) is 2.70. The van der Waals surface area contributed by atoms with Gasteiger partial charge in [0.1, 0.15) is 5.82 Å². The molecule has 8 heteroatoms. The van der Waals surface area contributed by atoms with Crippen molar-refractivity contribution in [2.45, 2.75) is 52.2 Å². The van der Waals surface area contributed by atoms with Crippen molar-refractivity contribution in [3.05, 3.63) is 35.2 Å². The van der Waals surface area contributed by atoms with Gasteiger partial charge in [0, 0.05) is 25.1 Å². The van der Waals surface area contributed by atoms with Gasteiger partial charge in [-0.15, -0.1) is 10.2 Å². The molecule has 2 rings (SSSR count). The number of nitrogens with two attached hydrogens (primary N) is 1. The third-order valence-corrected chi connectivity index (χ3v) is 4.74. The molecule has 0 spiro atoms. The Labute approximate surface area is 164 Å². The van der Waals surface area contributed by atoms with E-state index in [-0.39, 0.29) is 24.0 Å². The number of primary amides is 1. The number of anilines is 1. The first-order chi connectivity index (χ1) is 12.7. The molecule has 0 saturated heterocycles. The van der Waals surface area contributed by atoms with Crippen molar-refractivity contribution in [3.8, 4) is 0 Å². The largest absolute Gasteiger partial charge is 0.370 e. The van der Waals surface area contributed by atoms with Gasteiger partial charge in [0.05, 0.1) is 5.75 Å². The average molecular weight is 390 g/mol. The zero-order chi connectivity index (χ0) is 20.0. The van der Waals surface area contributed by atoms with Crippen LogP contribution in [-0.4, -0.2) is 32.3 Å². The third kappa shape index (κ3) is 6.71. The topological polar surface area (TPSA) is 103 Å². The molecule has 0 bridgehead atoms. The molecule has 1 aromatic heterocycles. The summed E-state index contributed by atoms with van der Waals surface area (Å²) >= 11 is 1.34. The minimum absolute atomic E-state index is 0.0946. The molecule has 2 aromatic rings. The van der Waals surface area contributed by atoms with E-state index >= 15 is 0 Å². The van der Waals surface area contributed by atoms with Crippen LogP contribution >= 0.6 is 11.8 Å². The highest BCUT2D eigenvalue weighted by molar-refractivity contribution is 7.99. The third-order valence-electron chi connectivity index (χ3n) is 3.77. The van der Waals surface area contributed by atoms with Crippen LogP contribution in [0.25, 0.3) is 0 Å². The molecule has 0 aliphatic rings. The Kier molecular flexibility index (Phi) is 7.41. The van der Waals surface area contributed by atoms with Gasteiger partial charge in [-0.1, -0.05) is 31.7 Å². The van der Waals surface area contributed by atoms with Crippen LogP contribution in [0.1, 0.15) is 37.2 Å². The summed E-state index contributed by atoms with van der Waals surface area (Å²) in [5.41, 5.74) is 8.24. The van der Waals surface area contributed by atoms with E-state index in [0.29, 0.717) is 17.5 Å². The van der Waals surface area contributed by atoms with Crippen molar-refractivity contribution in [1.29, 1.82) is 0 Å². The number of nitrogens with zero attached hydrogens (tertiary/aromatic N) is 3. The van der Waals surface area contributed by atoms with E-state index < -0.39 is 0 Å². The fraction of sp³-hybridized carbons (Fsp3) is 0.474. The van der Waals surface area contributed by atoms with E-state index in [2.05, 4.69) is 35.4 Å². The lowest BCUT2D eigenvalue weighted by atomic mass is 10.1. The van der Waals surface area contributed by atoms with Crippen molar-refractivity contribution < 1.29 is 9.59 Å². The van der Waals surface area contributed by atoms with Crippen LogP contribution in [0.15, 0.2) is 23.4 Å². The minimum Gasteiger partial charge on any atom is -0.370 e. The van der Waals surface area contributed by atoms with Crippen LogP contribution in [0.2, 0.25) is 0 Å². The number of carbonyl (C=O) groups is 2. The summed E-state index contributed by atoms with van der Waals surface area (Å²) in [6.45, 7) is 8.92. The number of aryl methyl sites for hydroxylation is 3. The molecular weight excluding hydrogens is 362 g/mol. The second kappa shape index (κ2) is 9.55. The molecule has 0 radical (unpaired) electrons. The molecule has 0 saturated carbocycles.